The van der Waals surface area contributed by atoms with Gasteiger partial charge < -0.3 is 14.8 Å². The van der Waals surface area contributed by atoms with Gasteiger partial charge in [0.1, 0.15) is 11.4 Å². The van der Waals surface area contributed by atoms with E-state index in [1.54, 1.807) is 14.2 Å². The van der Waals surface area contributed by atoms with Crippen molar-refractivity contribution < 1.29 is 9.47 Å². The molecule has 0 bridgehead atoms. The van der Waals surface area contributed by atoms with Crippen molar-refractivity contribution in [3.63, 3.8) is 0 Å². The van der Waals surface area contributed by atoms with Gasteiger partial charge in [-0.2, -0.15) is 5.10 Å². The molecule has 0 aliphatic carbocycles. The van der Waals surface area contributed by atoms with E-state index in [2.05, 4.69) is 17.3 Å². The molecule has 0 spiro atoms. The molecule has 2 aromatic rings. The van der Waals surface area contributed by atoms with E-state index in [1.807, 2.05) is 41.3 Å². The molecule has 0 aliphatic rings. The quantitative estimate of drug-likeness (QED) is 0.839. The summed E-state index contributed by atoms with van der Waals surface area (Å²) in [7, 11) is 3.37. The number of methoxy groups -OCH3 is 2. The van der Waals surface area contributed by atoms with E-state index in [0.717, 1.165) is 23.5 Å². The second-order valence-electron chi connectivity index (χ2n) is 4.70. The Labute approximate surface area is 119 Å². The topological polar surface area (TPSA) is 48.3 Å². The average Bonchev–Trinajstić information content (AvgIpc) is 2.94. The minimum absolute atomic E-state index is 0.314. The standard InChI is InChI=1S/C15H21N3O2/c1-12(11-19-2)16-8-13-9-17-18(10-13)14-6-4-5-7-15(14)20-3/h4-7,9-10,12,16H,8,11H2,1-3H3/t12-/m1/s1. The lowest BCUT2D eigenvalue weighted by atomic mass is 10.3. The van der Waals surface area contributed by atoms with Crippen LogP contribution in [0.15, 0.2) is 36.7 Å². The van der Waals surface area contributed by atoms with Crippen LogP contribution in [0, 0.1) is 0 Å². The second kappa shape index (κ2) is 7.07. The van der Waals surface area contributed by atoms with Crippen molar-refractivity contribution in [1.29, 1.82) is 0 Å². The Morgan fingerprint density at radius 2 is 2.10 bits per heavy atom. The van der Waals surface area contributed by atoms with Crippen LogP contribution in [-0.2, 0) is 11.3 Å². The maximum Gasteiger partial charge on any atom is 0.144 e. The van der Waals surface area contributed by atoms with E-state index in [4.69, 9.17) is 9.47 Å². The predicted molar refractivity (Wildman–Crippen MR) is 78.3 cm³/mol. The molecule has 5 heteroatoms. The van der Waals surface area contributed by atoms with Gasteiger partial charge in [-0.05, 0) is 19.1 Å². The Morgan fingerprint density at radius 1 is 1.30 bits per heavy atom. The van der Waals surface area contributed by atoms with Crippen LogP contribution < -0.4 is 10.1 Å². The third kappa shape index (κ3) is 3.59. The van der Waals surface area contributed by atoms with E-state index >= 15 is 0 Å². The number of hydrogen-bond donors (Lipinski definition) is 1. The molecule has 1 heterocycles. The molecule has 5 nitrogen and oxygen atoms in total. The van der Waals surface area contributed by atoms with Crippen LogP contribution in [0.2, 0.25) is 0 Å². The number of benzene rings is 1. The number of aromatic nitrogens is 2. The number of rotatable bonds is 7. The van der Waals surface area contributed by atoms with E-state index in [-0.39, 0.29) is 0 Å². The molecule has 1 N–H and O–H groups in total. The first-order chi connectivity index (χ1) is 9.74. The van der Waals surface area contributed by atoms with Gasteiger partial charge in [0, 0.05) is 31.5 Å². The summed E-state index contributed by atoms with van der Waals surface area (Å²) in [4.78, 5) is 0. The highest BCUT2D eigenvalue weighted by molar-refractivity contribution is 5.46. The third-order valence-corrected chi connectivity index (χ3v) is 3.04. The first kappa shape index (κ1) is 14.6. The fourth-order valence-electron chi connectivity index (χ4n) is 2.00. The lowest BCUT2D eigenvalue weighted by Crippen LogP contribution is -2.29. The van der Waals surface area contributed by atoms with Gasteiger partial charge in [-0.25, -0.2) is 4.68 Å². The number of para-hydroxylation sites is 2. The largest absolute Gasteiger partial charge is 0.494 e. The van der Waals surface area contributed by atoms with Crippen LogP contribution >= 0.6 is 0 Å². The molecule has 1 atom stereocenters. The first-order valence-corrected chi connectivity index (χ1v) is 6.64. The van der Waals surface area contributed by atoms with Crippen molar-refractivity contribution in [2.75, 3.05) is 20.8 Å². The second-order valence-corrected chi connectivity index (χ2v) is 4.70. The van der Waals surface area contributed by atoms with Crippen LogP contribution in [0.1, 0.15) is 12.5 Å². The van der Waals surface area contributed by atoms with Crippen LogP contribution in [0.25, 0.3) is 5.69 Å². The van der Waals surface area contributed by atoms with E-state index in [9.17, 15) is 0 Å². The normalized spacial score (nSPS) is 12.3. The van der Waals surface area contributed by atoms with Crippen LogP contribution in [0.3, 0.4) is 0 Å². The number of ether oxygens (including phenoxy) is 2. The lowest BCUT2D eigenvalue weighted by Gasteiger charge is -2.11. The summed E-state index contributed by atoms with van der Waals surface area (Å²) in [6.45, 7) is 3.55. The van der Waals surface area contributed by atoms with Gasteiger partial charge in [0.15, 0.2) is 0 Å². The SMILES string of the molecule is COC[C@@H](C)NCc1cnn(-c2ccccc2OC)c1. The number of nitrogens with one attached hydrogen (secondary N) is 1. The fourth-order valence-corrected chi connectivity index (χ4v) is 2.00. The maximum absolute atomic E-state index is 5.35. The molecule has 1 aromatic heterocycles. The summed E-state index contributed by atoms with van der Waals surface area (Å²) in [5.41, 5.74) is 2.06. The van der Waals surface area contributed by atoms with Gasteiger partial charge in [-0.1, -0.05) is 12.1 Å². The Hall–Kier alpha value is -1.85. The summed E-state index contributed by atoms with van der Waals surface area (Å²) in [6, 6.07) is 8.14. The van der Waals surface area contributed by atoms with Crippen molar-refractivity contribution in [1.82, 2.24) is 15.1 Å². The third-order valence-electron chi connectivity index (χ3n) is 3.04. The summed E-state index contributed by atoms with van der Waals surface area (Å²) in [5, 5.41) is 7.77. The van der Waals surface area contributed by atoms with Crippen LogP contribution in [0.5, 0.6) is 5.75 Å². The highest BCUT2D eigenvalue weighted by atomic mass is 16.5. The van der Waals surface area contributed by atoms with Crippen molar-refractivity contribution in [2.24, 2.45) is 0 Å². The summed E-state index contributed by atoms with van der Waals surface area (Å²) >= 11 is 0. The van der Waals surface area contributed by atoms with Crippen LogP contribution in [-0.4, -0.2) is 36.6 Å². The van der Waals surface area contributed by atoms with Crippen LogP contribution in [0.4, 0.5) is 0 Å². The zero-order chi connectivity index (χ0) is 14.4. The molecule has 108 valence electrons. The zero-order valence-corrected chi connectivity index (χ0v) is 12.2. The number of hydrogen-bond acceptors (Lipinski definition) is 4. The van der Waals surface area contributed by atoms with Gasteiger partial charge in [-0.15, -0.1) is 0 Å². The molecule has 20 heavy (non-hydrogen) atoms. The minimum Gasteiger partial charge on any atom is -0.494 e. The summed E-state index contributed by atoms with van der Waals surface area (Å²) in [6.07, 6.45) is 3.86. The molecule has 1 aromatic carbocycles. The van der Waals surface area contributed by atoms with E-state index in [1.165, 1.54) is 0 Å². The fraction of sp³-hybridized carbons (Fsp3) is 0.400. The predicted octanol–water partition coefficient (Wildman–Crippen LogP) is 2.01. The van der Waals surface area contributed by atoms with Crippen molar-refractivity contribution in [3.05, 3.63) is 42.2 Å². The monoisotopic (exact) mass is 275 g/mol. The van der Waals surface area contributed by atoms with E-state index < -0.39 is 0 Å². The van der Waals surface area contributed by atoms with Gasteiger partial charge in [0.25, 0.3) is 0 Å². The molecule has 0 saturated heterocycles. The Bertz CT molecular complexity index is 539. The molecule has 0 unspecified atom stereocenters. The van der Waals surface area contributed by atoms with Gasteiger partial charge in [0.2, 0.25) is 0 Å². The summed E-state index contributed by atoms with van der Waals surface area (Å²) < 4.78 is 12.3. The summed E-state index contributed by atoms with van der Waals surface area (Å²) in [5.74, 6) is 0.808. The number of nitrogens with zero attached hydrogens (tertiary/aromatic N) is 2. The molecule has 0 radical (unpaired) electrons. The van der Waals surface area contributed by atoms with Crippen molar-refractivity contribution in [2.45, 2.75) is 19.5 Å². The lowest BCUT2D eigenvalue weighted by molar-refractivity contribution is 0.171. The highest BCUT2D eigenvalue weighted by Crippen LogP contribution is 2.21. The van der Waals surface area contributed by atoms with Gasteiger partial charge in [0.05, 0.1) is 19.9 Å². The smallest absolute Gasteiger partial charge is 0.144 e. The molecule has 0 amide bonds. The molecular formula is C15H21N3O2. The van der Waals surface area contributed by atoms with E-state index in [0.29, 0.717) is 12.6 Å². The highest BCUT2D eigenvalue weighted by Gasteiger charge is 2.07. The van der Waals surface area contributed by atoms with Gasteiger partial charge >= 0.3 is 0 Å². The molecule has 0 aliphatic heterocycles. The molecular weight excluding hydrogens is 254 g/mol. The van der Waals surface area contributed by atoms with Crippen molar-refractivity contribution in [3.8, 4) is 11.4 Å². The average molecular weight is 275 g/mol. The molecule has 2 rings (SSSR count). The minimum atomic E-state index is 0.314. The molecule has 0 saturated carbocycles. The Morgan fingerprint density at radius 3 is 2.85 bits per heavy atom. The molecule has 0 fully saturated rings. The Balaban J connectivity index is 2.05. The Kier molecular flexibility index (Phi) is 5.15. The maximum atomic E-state index is 5.35. The van der Waals surface area contributed by atoms with Crippen molar-refractivity contribution >= 4 is 0 Å². The first-order valence-electron chi connectivity index (χ1n) is 6.64. The zero-order valence-electron chi connectivity index (χ0n) is 12.2. The van der Waals surface area contributed by atoms with Gasteiger partial charge in [-0.3, -0.25) is 0 Å².